The van der Waals surface area contributed by atoms with E-state index in [1.807, 2.05) is 6.92 Å². The lowest BCUT2D eigenvalue weighted by molar-refractivity contribution is -0.124. The average Bonchev–Trinajstić information content (AvgIpc) is 2.54. The van der Waals surface area contributed by atoms with Crippen molar-refractivity contribution in [3.05, 3.63) is 0 Å². The molecular formula is C8H15NO2. The molecule has 1 rings (SSSR count). The molecule has 0 bridgehead atoms. The molecule has 1 aliphatic heterocycles. The number of rotatable bonds is 4. The molecule has 1 heterocycles. The van der Waals surface area contributed by atoms with Crippen LogP contribution in [0.5, 0.6) is 0 Å². The van der Waals surface area contributed by atoms with Gasteiger partial charge in [-0.05, 0) is 12.8 Å². The molecule has 11 heavy (non-hydrogen) atoms. The lowest BCUT2D eigenvalue weighted by Crippen LogP contribution is -2.15. The third-order valence-corrected chi connectivity index (χ3v) is 2.47. The maximum atomic E-state index is 11.0. The molecule has 0 aromatic heterocycles. The number of amides is 1. The summed E-state index contributed by atoms with van der Waals surface area (Å²) in [5.74, 6) is -0.103. The minimum atomic E-state index is -0.490. The summed E-state index contributed by atoms with van der Waals surface area (Å²) in [6.45, 7) is 4.02. The van der Waals surface area contributed by atoms with E-state index in [0.29, 0.717) is 0 Å². The Morgan fingerprint density at radius 3 is 2.36 bits per heavy atom. The van der Waals surface area contributed by atoms with E-state index in [4.69, 9.17) is 5.21 Å². The second-order valence-electron chi connectivity index (χ2n) is 3.11. The topological polar surface area (TPSA) is 40.3 Å². The maximum Gasteiger partial charge on any atom is 0.275 e. The van der Waals surface area contributed by atoms with Crippen molar-refractivity contribution < 1.29 is 10.0 Å². The molecule has 3 heteroatoms. The second kappa shape index (κ2) is 2.81. The number of hydrogen-bond acceptors (Lipinski definition) is 2. The highest BCUT2D eigenvalue weighted by atomic mass is 16.5. The molecule has 1 aliphatic rings. The number of hydrogen-bond donors (Lipinski definition) is 1. The van der Waals surface area contributed by atoms with Crippen molar-refractivity contribution in [2.75, 3.05) is 0 Å². The fraction of sp³-hybridized carbons (Fsp3) is 0.875. The molecule has 3 nitrogen and oxygen atoms in total. The van der Waals surface area contributed by atoms with Gasteiger partial charge in [0.25, 0.3) is 5.91 Å². The van der Waals surface area contributed by atoms with Gasteiger partial charge in [0.15, 0.2) is 5.54 Å². The Labute approximate surface area is 67.0 Å². The van der Waals surface area contributed by atoms with Crippen molar-refractivity contribution in [3.63, 3.8) is 0 Å². The van der Waals surface area contributed by atoms with E-state index in [9.17, 15) is 4.79 Å². The van der Waals surface area contributed by atoms with Crippen LogP contribution in [0.3, 0.4) is 0 Å². The summed E-state index contributed by atoms with van der Waals surface area (Å²) >= 11 is 0. The van der Waals surface area contributed by atoms with Crippen LogP contribution in [0.15, 0.2) is 0 Å². The minimum Gasteiger partial charge on any atom is -0.285 e. The molecular weight excluding hydrogens is 142 g/mol. The Bertz CT molecular complexity index is 169. The van der Waals surface area contributed by atoms with Crippen LogP contribution in [0.4, 0.5) is 0 Å². The van der Waals surface area contributed by atoms with Gasteiger partial charge in [-0.25, -0.2) is 5.06 Å². The van der Waals surface area contributed by atoms with Crippen molar-refractivity contribution in [1.82, 2.24) is 5.06 Å². The van der Waals surface area contributed by atoms with Gasteiger partial charge in [-0.1, -0.05) is 26.7 Å². The quantitative estimate of drug-likeness (QED) is 0.497. The number of carbonyl (C=O) groups excluding carboxylic acids is 1. The van der Waals surface area contributed by atoms with Gasteiger partial charge in [0.1, 0.15) is 0 Å². The van der Waals surface area contributed by atoms with Crippen LogP contribution in [-0.2, 0) is 4.79 Å². The average molecular weight is 157 g/mol. The van der Waals surface area contributed by atoms with Gasteiger partial charge in [0.05, 0.1) is 0 Å². The van der Waals surface area contributed by atoms with Crippen LogP contribution in [0.2, 0.25) is 0 Å². The Morgan fingerprint density at radius 1 is 1.55 bits per heavy atom. The first-order valence-corrected chi connectivity index (χ1v) is 4.22. The molecule has 0 aromatic carbocycles. The van der Waals surface area contributed by atoms with Gasteiger partial charge >= 0.3 is 0 Å². The number of nitrogens with zero attached hydrogens (tertiary/aromatic N) is 1. The zero-order valence-electron chi connectivity index (χ0n) is 7.13. The lowest BCUT2D eigenvalue weighted by atomic mass is 9.99. The van der Waals surface area contributed by atoms with Gasteiger partial charge in [0.2, 0.25) is 0 Å². The van der Waals surface area contributed by atoms with E-state index >= 15 is 0 Å². The van der Waals surface area contributed by atoms with E-state index in [2.05, 4.69) is 6.92 Å². The number of carbonyl (C=O) groups is 1. The molecule has 1 amide bonds. The predicted molar refractivity (Wildman–Crippen MR) is 41.2 cm³/mol. The van der Waals surface area contributed by atoms with Crippen LogP contribution in [0.25, 0.3) is 0 Å². The normalized spacial score (nSPS) is 29.4. The smallest absolute Gasteiger partial charge is 0.275 e. The first-order chi connectivity index (χ1) is 5.19. The van der Waals surface area contributed by atoms with Crippen LogP contribution in [0.1, 0.15) is 39.5 Å². The first-order valence-electron chi connectivity index (χ1n) is 4.22. The van der Waals surface area contributed by atoms with E-state index in [-0.39, 0.29) is 5.91 Å². The Kier molecular flexibility index (Phi) is 2.18. The molecule has 64 valence electrons. The highest BCUT2D eigenvalue weighted by Crippen LogP contribution is 2.39. The van der Waals surface area contributed by atoms with E-state index in [0.717, 1.165) is 30.7 Å². The fourth-order valence-electron chi connectivity index (χ4n) is 1.44. The molecule has 1 fully saturated rings. The van der Waals surface area contributed by atoms with Crippen LogP contribution in [-0.4, -0.2) is 21.7 Å². The highest BCUT2D eigenvalue weighted by Gasteiger charge is 2.60. The van der Waals surface area contributed by atoms with E-state index in [1.165, 1.54) is 0 Å². The molecule has 1 unspecified atom stereocenters. The third kappa shape index (κ3) is 1.13. The second-order valence-corrected chi connectivity index (χ2v) is 3.11. The van der Waals surface area contributed by atoms with Crippen LogP contribution >= 0.6 is 0 Å². The first kappa shape index (κ1) is 8.53. The highest BCUT2D eigenvalue weighted by molar-refractivity contribution is 6.00. The van der Waals surface area contributed by atoms with Gasteiger partial charge < -0.3 is 0 Å². The maximum absolute atomic E-state index is 11.0. The SMILES string of the molecule is CCCCC1(CC)C(=O)N1O. The Morgan fingerprint density at radius 2 is 2.09 bits per heavy atom. The molecule has 1 N–H and O–H groups in total. The van der Waals surface area contributed by atoms with Crippen molar-refractivity contribution >= 4 is 5.91 Å². The van der Waals surface area contributed by atoms with E-state index in [1.54, 1.807) is 0 Å². The summed E-state index contributed by atoms with van der Waals surface area (Å²) in [4.78, 5) is 11.0. The molecule has 0 aromatic rings. The van der Waals surface area contributed by atoms with Gasteiger partial charge in [-0.3, -0.25) is 10.0 Å². The third-order valence-electron chi connectivity index (χ3n) is 2.47. The van der Waals surface area contributed by atoms with Gasteiger partial charge in [-0.2, -0.15) is 0 Å². The van der Waals surface area contributed by atoms with Crippen LogP contribution < -0.4 is 0 Å². The van der Waals surface area contributed by atoms with Crippen molar-refractivity contribution in [2.24, 2.45) is 0 Å². The Hall–Kier alpha value is -0.570. The summed E-state index contributed by atoms with van der Waals surface area (Å²) in [6, 6.07) is 0. The molecule has 0 radical (unpaired) electrons. The van der Waals surface area contributed by atoms with E-state index < -0.39 is 5.54 Å². The van der Waals surface area contributed by atoms with Crippen molar-refractivity contribution in [3.8, 4) is 0 Å². The van der Waals surface area contributed by atoms with Crippen molar-refractivity contribution in [2.45, 2.75) is 45.1 Å². The summed E-state index contributed by atoms with van der Waals surface area (Å²) in [7, 11) is 0. The molecule has 0 spiro atoms. The standard InChI is InChI=1S/C8H15NO2/c1-3-5-6-8(4-2)7(10)9(8)11/h11H,3-6H2,1-2H3. The van der Waals surface area contributed by atoms with Gasteiger partial charge in [0, 0.05) is 0 Å². The summed E-state index contributed by atoms with van der Waals surface area (Å²) in [5.41, 5.74) is -0.490. The number of unbranched alkanes of at least 4 members (excludes halogenated alkanes) is 1. The van der Waals surface area contributed by atoms with Crippen molar-refractivity contribution in [1.29, 1.82) is 0 Å². The molecule has 1 saturated heterocycles. The Balaban J connectivity index is 2.45. The fourth-order valence-corrected chi connectivity index (χ4v) is 1.44. The molecule has 0 aliphatic carbocycles. The summed E-state index contributed by atoms with van der Waals surface area (Å²) in [5, 5.41) is 9.93. The molecule has 1 atom stereocenters. The van der Waals surface area contributed by atoms with Crippen LogP contribution in [0, 0.1) is 0 Å². The zero-order valence-corrected chi connectivity index (χ0v) is 7.13. The van der Waals surface area contributed by atoms with Gasteiger partial charge in [-0.15, -0.1) is 0 Å². The molecule has 0 saturated carbocycles. The largest absolute Gasteiger partial charge is 0.285 e. The lowest BCUT2D eigenvalue weighted by Gasteiger charge is -2.07. The number of hydroxylamine groups is 2. The monoisotopic (exact) mass is 157 g/mol. The predicted octanol–water partition coefficient (Wildman–Crippen LogP) is 1.56. The minimum absolute atomic E-state index is 0.103. The summed E-state index contributed by atoms with van der Waals surface area (Å²) < 4.78 is 0. The summed E-state index contributed by atoms with van der Waals surface area (Å²) in [6.07, 6.45) is 3.61. The zero-order chi connectivity index (χ0) is 8.48.